The maximum absolute atomic E-state index is 4.33. The van der Waals surface area contributed by atoms with Crippen molar-refractivity contribution in [2.24, 2.45) is 16.1 Å². The summed E-state index contributed by atoms with van der Waals surface area (Å²) in [5.74, 6) is 0.512. The van der Waals surface area contributed by atoms with Gasteiger partial charge in [-0.2, -0.15) is 10.2 Å². The van der Waals surface area contributed by atoms with Gasteiger partial charge in [0.25, 0.3) is 0 Å². The first-order valence-corrected chi connectivity index (χ1v) is 8.64. The van der Waals surface area contributed by atoms with Gasteiger partial charge in [0.15, 0.2) is 0 Å². The van der Waals surface area contributed by atoms with Crippen molar-refractivity contribution in [3.63, 3.8) is 0 Å². The lowest BCUT2D eigenvalue weighted by Gasteiger charge is -2.16. The average Bonchev–Trinajstić information content (AvgIpc) is 2.50. The van der Waals surface area contributed by atoms with Gasteiger partial charge in [-0.15, -0.1) is 0 Å². The number of nitrogens with zero attached hydrogens (tertiary/aromatic N) is 2. The van der Waals surface area contributed by atoms with Crippen LogP contribution in [0.15, 0.2) is 35.5 Å². The van der Waals surface area contributed by atoms with Gasteiger partial charge < -0.3 is 0 Å². The second-order valence-corrected chi connectivity index (χ2v) is 5.62. The van der Waals surface area contributed by atoms with Crippen LogP contribution in [0, 0.1) is 5.92 Å². The topological polar surface area (TPSA) is 24.7 Å². The molecule has 0 bridgehead atoms. The van der Waals surface area contributed by atoms with Crippen LogP contribution < -0.4 is 0 Å². The Morgan fingerprint density at radius 2 is 1.48 bits per heavy atom. The Labute approximate surface area is 132 Å². The molecule has 120 valence electrons. The number of unbranched alkanes of at least 4 members (excludes halogenated alkanes) is 6. The molecule has 0 rings (SSSR count). The van der Waals surface area contributed by atoms with Crippen molar-refractivity contribution < 1.29 is 0 Å². The number of rotatable bonds is 14. The van der Waals surface area contributed by atoms with E-state index in [1.54, 1.807) is 12.3 Å². The van der Waals surface area contributed by atoms with E-state index in [9.17, 15) is 0 Å². The van der Waals surface area contributed by atoms with Crippen molar-refractivity contribution in [1.82, 2.24) is 0 Å². The van der Waals surface area contributed by atoms with E-state index in [1.165, 1.54) is 64.2 Å². The second-order valence-electron chi connectivity index (χ2n) is 5.62. The van der Waals surface area contributed by atoms with E-state index in [-0.39, 0.29) is 0 Å². The monoisotopic (exact) mass is 290 g/mol. The van der Waals surface area contributed by atoms with Crippen molar-refractivity contribution >= 4 is 11.9 Å². The highest BCUT2D eigenvalue weighted by Gasteiger charge is 2.13. The highest BCUT2D eigenvalue weighted by Crippen LogP contribution is 2.21. The summed E-state index contributed by atoms with van der Waals surface area (Å²) in [4.78, 5) is 0. The largest absolute Gasteiger partial charge is 0.159 e. The van der Waals surface area contributed by atoms with Gasteiger partial charge in [0.2, 0.25) is 0 Å². The summed E-state index contributed by atoms with van der Waals surface area (Å²) in [5.41, 5.74) is 1.04. The first-order chi connectivity index (χ1) is 10.3. The average molecular weight is 290 g/mol. The fraction of sp³-hybridized carbons (Fsp3) is 0.684. The van der Waals surface area contributed by atoms with Crippen LogP contribution in [0.1, 0.15) is 78.1 Å². The zero-order chi connectivity index (χ0) is 15.8. The lowest BCUT2D eigenvalue weighted by molar-refractivity contribution is 0.494. The molecule has 0 spiro atoms. The molecule has 2 nitrogen and oxygen atoms in total. The third-order valence-corrected chi connectivity index (χ3v) is 3.78. The van der Waals surface area contributed by atoms with E-state index >= 15 is 0 Å². The smallest absolute Gasteiger partial charge is 0.0655 e. The van der Waals surface area contributed by atoms with Gasteiger partial charge in [-0.05, 0) is 25.0 Å². The molecule has 0 aliphatic heterocycles. The van der Waals surface area contributed by atoms with Crippen molar-refractivity contribution in [2.45, 2.75) is 78.1 Å². The third kappa shape index (κ3) is 11.2. The molecule has 0 aromatic rings. The van der Waals surface area contributed by atoms with Gasteiger partial charge in [-0.1, -0.05) is 78.4 Å². The summed E-state index contributed by atoms with van der Waals surface area (Å²) in [7, 11) is 0. The van der Waals surface area contributed by atoms with E-state index < -0.39 is 0 Å². The van der Waals surface area contributed by atoms with Gasteiger partial charge in [-0.25, -0.2) is 0 Å². The Hall–Kier alpha value is -1.18. The minimum absolute atomic E-state index is 0.512. The summed E-state index contributed by atoms with van der Waals surface area (Å²) in [6.45, 7) is 12.0. The quantitative estimate of drug-likeness (QED) is 0.202. The molecule has 0 aromatic carbocycles. The minimum Gasteiger partial charge on any atom is -0.159 e. The van der Waals surface area contributed by atoms with Crippen molar-refractivity contribution in [1.29, 1.82) is 0 Å². The molecule has 0 amide bonds. The first-order valence-electron chi connectivity index (χ1n) is 8.64. The van der Waals surface area contributed by atoms with Crippen LogP contribution in [-0.2, 0) is 0 Å². The van der Waals surface area contributed by atoms with Gasteiger partial charge in [-0.3, -0.25) is 0 Å². The van der Waals surface area contributed by atoms with E-state index in [1.807, 2.05) is 6.08 Å². The molecule has 0 aliphatic carbocycles. The number of hydrogen-bond donors (Lipinski definition) is 0. The Morgan fingerprint density at radius 3 is 1.90 bits per heavy atom. The molecule has 0 heterocycles. The molecule has 0 N–H and O–H groups in total. The highest BCUT2D eigenvalue weighted by molar-refractivity contribution is 5.96. The van der Waals surface area contributed by atoms with E-state index in [4.69, 9.17) is 0 Å². The first kappa shape index (κ1) is 19.8. The maximum Gasteiger partial charge on any atom is 0.0655 e. The highest BCUT2D eigenvalue weighted by atomic mass is 15.2. The van der Waals surface area contributed by atoms with Crippen LogP contribution >= 0.6 is 0 Å². The predicted octanol–water partition coefficient (Wildman–Crippen LogP) is 6.34. The molecule has 0 aromatic heterocycles. The molecule has 0 atom stereocenters. The zero-order valence-corrected chi connectivity index (χ0v) is 14.2. The molecular formula is C19H34N2. The molecule has 0 radical (unpaired) electrons. The van der Waals surface area contributed by atoms with E-state index in [2.05, 4.69) is 37.2 Å². The van der Waals surface area contributed by atoms with Crippen molar-refractivity contribution in [3.8, 4) is 0 Å². The molecule has 21 heavy (non-hydrogen) atoms. The summed E-state index contributed by atoms with van der Waals surface area (Å²) in [5, 5.41) is 8.37. The SMILES string of the molecule is C=C/C=N\N=C(/C=C)C(CCCCCC)CCCCCC. The molecule has 0 saturated heterocycles. The molecule has 0 unspecified atom stereocenters. The van der Waals surface area contributed by atoms with Crippen LogP contribution in [0.5, 0.6) is 0 Å². The molecular weight excluding hydrogens is 256 g/mol. The second kappa shape index (κ2) is 15.2. The number of hydrogen-bond acceptors (Lipinski definition) is 2. The summed E-state index contributed by atoms with van der Waals surface area (Å²) in [6.07, 6.45) is 18.0. The third-order valence-electron chi connectivity index (χ3n) is 3.78. The summed E-state index contributed by atoms with van der Waals surface area (Å²) >= 11 is 0. The Morgan fingerprint density at radius 1 is 0.905 bits per heavy atom. The predicted molar refractivity (Wildman–Crippen MR) is 97.3 cm³/mol. The number of allylic oxidation sites excluding steroid dienone is 2. The molecule has 0 fully saturated rings. The van der Waals surface area contributed by atoms with Crippen molar-refractivity contribution in [2.75, 3.05) is 0 Å². The Balaban J connectivity index is 4.49. The van der Waals surface area contributed by atoms with Crippen LogP contribution in [0.25, 0.3) is 0 Å². The van der Waals surface area contributed by atoms with Gasteiger partial charge in [0.1, 0.15) is 0 Å². The van der Waals surface area contributed by atoms with Gasteiger partial charge in [0.05, 0.1) is 5.71 Å². The fourth-order valence-electron chi connectivity index (χ4n) is 2.51. The lowest BCUT2D eigenvalue weighted by Crippen LogP contribution is -2.12. The van der Waals surface area contributed by atoms with Crippen LogP contribution in [0.2, 0.25) is 0 Å². The molecule has 2 heteroatoms. The Bertz CT molecular complexity index is 304. The van der Waals surface area contributed by atoms with Crippen LogP contribution in [0.3, 0.4) is 0 Å². The summed E-state index contributed by atoms with van der Waals surface area (Å²) in [6, 6.07) is 0. The van der Waals surface area contributed by atoms with Crippen LogP contribution in [-0.4, -0.2) is 11.9 Å². The maximum atomic E-state index is 4.33. The molecule has 0 saturated carbocycles. The molecule has 0 aliphatic rings. The normalized spacial score (nSPS) is 12.2. The standard InChI is InChI=1S/C19H34N2/c1-5-9-11-13-15-18(16-14-12-10-6-2)19(8-4)21-20-17-7-3/h7-8,17-18H,3-6,9-16H2,1-2H3/b20-17-,21-19+. The minimum atomic E-state index is 0.512. The van der Waals surface area contributed by atoms with Crippen LogP contribution in [0.4, 0.5) is 0 Å². The summed E-state index contributed by atoms with van der Waals surface area (Å²) < 4.78 is 0. The van der Waals surface area contributed by atoms with Crippen molar-refractivity contribution in [3.05, 3.63) is 25.3 Å². The van der Waals surface area contributed by atoms with Gasteiger partial charge in [0, 0.05) is 12.1 Å². The van der Waals surface area contributed by atoms with Gasteiger partial charge >= 0.3 is 0 Å². The van der Waals surface area contributed by atoms with E-state index in [0.717, 1.165) is 5.71 Å². The lowest BCUT2D eigenvalue weighted by atomic mass is 9.90. The Kier molecular flexibility index (Phi) is 14.4. The van der Waals surface area contributed by atoms with E-state index in [0.29, 0.717) is 5.92 Å². The zero-order valence-electron chi connectivity index (χ0n) is 14.2. The fourth-order valence-corrected chi connectivity index (χ4v) is 2.51.